The Balaban J connectivity index is 2.15. The molecule has 2 nitrogen and oxygen atoms in total. The van der Waals surface area contributed by atoms with Crippen molar-refractivity contribution in [3.8, 4) is 11.5 Å². The zero-order chi connectivity index (χ0) is 14.8. The van der Waals surface area contributed by atoms with Crippen molar-refractivity contribution in [2.24, 2.45) is 0 Å². The predicted octanol–water partition coefficient (Wildman–Crippen LogP) is 5.72. The largest absolute Gasteiger partial charge is 0.497 e. The maximum absolute atomic E-state index is 5.55. The lowest BCUT2D eigenvalue weighted by Crippen LogP contribution is -1.89. The molecule has 0 N–H and O–H groups in total. The number of aryl methyl sites for hydroxylation is 1. The lowest BCUT2D eigenvalue weighted by molar-refractivity contribution is 0.406. The molecular formula is C16H15O2S3+. The molecule has 5 heteroatoms. The van der Waals surface area contributed by atoms with Gasteiger partial charge in [0.25, 0.3) is 0 Å². The van der Waals surface area contributed by atoms with Crippen LogP contribution in [0.5, 0.6) is 11.5 Å². The summed E-state index contributed by atoms with van der Waals surface area (Å²) < 4.78 is 14.3. The van der Waals surface area contributed by atoms with E-state index < -0.39 is 0 Å². The Bertz CT molecular complexity index is 780. The second kappa shape index (κ2) is 6.22. The van der Waals surface area contributed by atoms with Gasteiger partial charge in [-0.25, -0.2) is 0 Å². The highest BCUT2D eigenvalue weighted by Crippen LogP contribution is 2.44. The van der Waals surface area contributed by atoms with Gasteiger partial charge in [0.05, 0.1) is 41.8 Å². The van der Waals surface area contributed by atoms with Crippen LogP contribution in [0.1, 0.15) is 4.88 Å². The minimum atomic E-state index is 0.873. The Hall–Kier alpha value is -1.30. The van der Waals surface area contributed by atoms with Crippen LogP contribution in [0.3, 0.4) is 0 Å². The molecule has 21 heavy (non-hydrogen) atoms. The van der Waals surface area contributed by atoms with E-state index >= 15 is 0 Å². The number of rotatable bonds is 4. The Kier molecular flexibility index (Phi) is 4.33. The van der Waals surface area contributed by atoms with E-state index in [1.54, 1.807) is 48.7 Å². The van der Waals surface area contributed by atoms with Gasteiger partial charge in [-0.3, -0.25) is 0 Å². The molecule has 0 unspecified atom stereocenters. The third-order valence-corrected chi connectivity index (χ3v) is 6.99. The number of methoxy groups -OCH3 is 2. The molecule has 0 aliphatic rings. The highest BCUT2D eigenvalue weighted by Gasteiger charge is 2.18. The van der Waals surface area contributed by atoms with Crippen LogP contribution in [0, 0.1) is 6.92 Å². The summed E-state index contributed by atoms with van der Waals surface area (Å²) >= 11 is 5.34. The average molecular weight is 335 g/mol. The van der Waals surface area contributed by atoms with E-state index in [-0.39, 0.29) is 0 Å². The standard InChI is InChI=1S/C16H15O2S3/c1-10-16(20-9-19-10)21-15-13-6-5-12(17-2)8-11(13)4-7-14(15)18-3/h4-9H,1-3H3/q+1. The van der Waals surface area contributed by atoms with Crippen LogP contribution in [-0.2, 0) is 0 Å². The third kappa shape index (κ3) is 2.86. The van der Waals surface area contributed by atoms with Gasteiger partial charge in [-0.2, -0.15) is 0 Å². The Morgan fingerprint density at radius 1 is 1.10 bits per heavy atom. The molecule has 3 aromatic rings. The summed E-state index contributed by atoms with van der Waals surface area (Å²) in [5, 5.41) is 2.36. The first-order chi connectivity index (χ1) is 10.2. The molecule has 0 saturated heterocycles. The molecule has 1 aromatic heterocycles. The maximum Gasteiger partial charge on any atom is 0.243 e. The van der Waals surface area contributed by atoms with Gasteiger partial charge in [0.15, 0.2) is 4.88 Å². The zero-order valence-corrected chi connectivity index (χ0v) is 14.5. The SMILES string of the molecule is COc1ccc2c(Sc3[s+]csc3C)c(OC)ccc2c1. The molecule has 108 valence electrons. The molecular weight excluding hydrogens is 320 g/mol. The second-order valence-electron chi connectivity index (χ2n) is 4.46. The van der Waals surface area contributed by atoms with Crippen molar-refractivity contribution < 1.29 is 9.47 Å². The molecule has 0 saturated carbocycles. The minimum Gasteiger partial charge on any atom is -0.497 e. The molecule has 0 spiro atoms. The monoisotopic (exact) mass is 335 g/mol. The molecule has 3 rings (SSSR count). The number of fused-ring (bicyclic) bond motifs is 1. The van der Waals surface area contributed by atoms with Crippen molar-refractivity contribution in [3.63, 3.8) is 0 Å². The molecule has 0 fully saturated rings. The van der Waals surface area contributed by atoms with Crippen LogP contribution in [0.15, 0.2) is 44.1 Å². The molecule has 0 amide bonds. The van der Waals surface area contributed by atoms with Crippen LogP contribution >= 0.6 is 34.4 Å². The van der Waals surface area contributed by atoms with Crippen molar-refractivity contribution in [1.82, 2.24) is 0 Å². The Morgan fingerprint density at radius 2 is 1.95 bits per heavy atom. The van der Waals surface area contributed by atoms with Crippen LogP contribution in [-0.4, -0.2) is 14.2 Å². The van der Waals surface area contributed by atoms with E-state index in [1.165, 1.54) is 14.5 Å². The summed E-state index contributed by atoms with van der Waals surface area (Å²) in [6.07, 6.45) is 0. The molecule has 1 heterocycles. The molecule has 0 aliphatic carbocycles. The van der Waals surface area contributed by atoms with Crippen molar-refractivity contribution in [2.75, 3.05) is 14.2 Å². The van der Waals surface area contributed by atoms with Crippen molar-refractivity contribution in [2.45, 2.75) is 16.0 Å². The number of hydrogen-bond donors (Lipinski definition) is 0. The first-order valence-electron chi connectivity index (χ1n) is 6.41. The number of hydrogen-bond acceptors (Lipinski definition) is 4. The van der Waals surface area contributed by atoms with E-state index in [1.807, 2.05) is 12.1 Å². The normalized spacial score (nSPS) is 10.8. The number of benzene rings is 2. The smallest absolute Gasteiger partial charge is 0.243 e. The fraction of sp³-hybridized carbons (Fsp3) is 0.188. The van der Waals surface area contributed by atoms with E-state index in [0.717, 1.165) is 21.8 Å². The first-order valence-corrected chi connectivity index (χ1v) is 8.99. The average Bonchev–Trinajstić information content (AvgIpc) is 2.92. The lowest BCUT2D eigenvalue weighted by Gasteiger charge is -2.11. The summed E-state index contributed by atoms with van der Waals surface area (Å²) in [5.41, 5.74) is 0. The second-order valence-corrected chi connectivity index (χ2v) is 8.00. The van der Waals surface area contributed by atoms with Gasteiger partial charge in [0.1, 0.15) is 11.5 Å². The Morgan fingerprint density at radius 3 is 2.62 bits per heavy atom. The lowest BCUT2D eigenvalue weighted by atomic mass is 10.1. The maximum atomic E-state index is 5.55. The number of ether oxygens (including phenoxy) is 2. The molecule has 2 aromatic carbocycles. The first kappa shape index (κ1) is 14.6. The van der Waals surface area contributed by atoms with E-state index in [9.17, 15) is 0 Å². The van der Waals surface area contributed by atoms with Gasteiger partial charge >= 0.3 is 0 Å². The van der Waals surface area contributed by atoms with Crippen molar-refractivity contribution in [1.29, 1.82) is 0 Å². The minimum absolute atomic E-state index is 0.873. The molecule has 0 radical (unpaired) electrons. The van der Waals surface area contributed by atoms with Crippen LogP contribution in [0.4, 0.5) is 0 Å². The van der Waals surface area contributed by atoms with Crippen LogP contribution < -0.4 is 9.47 Å². The van der Waals surface area contributed by atoms with Gasteiger partial charge in [-0.05, 0) is 53.7 Å². The molecule has 0 bridgehead atoms. The van der Waals surface area contributed by atoms with Crippen LogP contribution in [0.2, 0.25) is 0 Å². The van der Waals surface area contributed by atoms with Crippen LogP contribution in [0.25, 0.3) is 10.8 Å². The van der Waals surface area contributed by atoms with Gasteiger partial charge in [-0.1, -0.05) is 6.07 Å². The highest BCUT2D eigenvalue weighted by molar-refractivity contribution is 8.01. The quantitative estimate of drug-likeness (QED) is 0.568. The van der Waals surface area contributed by atoms with Gasteiger partial charge in [-0.15, -0.1) is 0 Å². The summed E-state index contributed by atoms with van der Waals surface area (Å²) in [5.74, 6) is 1.79. The van der Waals surface area contributed by atoms with E-state index in [4.69, 9.17) is 9.47 Å². The van der Waals surface area contributed by atoms with Crippen molar-refractivity contribution in [3.05, 3.63) is 39.9 Å². The highest BCUT2D eigenvalue weighted by atomic mass is 32.2. The topological polar surface area (TPSA) is 18.5 Å². The Labute approximate surface area is 136 Å². The van der Waals surface area contributed by atoms with Crippen molar-refractivity contribution >= 4 is 45.2 Å². The summed E-state index contributed by atoms with van der Waals surface area (Å²) in [6, 6.07) is 10.3. The third-order valence-electron chi connectivity index (χ3n) is 3.22. The summed E-state index contributed by atoms with van der Waals surface area (Å²) in [7, 11) is 3.41. The van der Waals surface area contributed by atoms with Gasteiger partial charge in [0, 0.05) is 0 Å². The summed E-state index contributed by atoms with van der Waals surface area (Å²) in [4.78, 5) is 2.51. The fourth-order valence-electron chi connectivity index (χ4n) is 2.11. The zero-order valence-electron chi connectivity index (χ0n) is 12.0. The summed E-state index contributed by atoms with van der Waals surface area (Å²) in [6.45, 7) is 2.16. The van der Waals surface area contributed by atoms with E-state index in [2.05, 4.69) is 29.8 Å². The van der Waals surface area contributed by atoms with E-state index in [0.29, 0.717) is 0 Å². The van der Waals surface area contributed by atoms with Gasteiger partial charge < -0.3 is 9.47 Å². The fourth-order valence-corrected chi connectivity index (χ4v) is 5.72. The molecule has 0 atom stereocenters. The predicted molar refractivity (Wildman–Crippen MR) is 92.5 cm³/mol. The van der Waals surface area contributed by atoms with Gasteiger partial charge in [0.2, 0.25) is 8.90 Å². The molecule has 0 aliphatic heterocycles.